The molecule has 2 N–H and O–H groups in total. The van der Waals surface area contributed by atoms with E-state index in [9.17, 15) is 4.79 Å². The summed E-state index contributed by atoms with van der Waals surface area (Å²) < 4.78 is 10.7. The van der Waals surface area contributed by atoms with Gasteiger partial charge >= 0.3 is 6.03 Å². The van der Waals surface area contributed by atoms with Gasteiger partial charge in [0.2, 0.25) is 5.89 Å². The molecule has 2 aromatic heterocycles. The van der Waals surface area contributed by atoms with E-state index in [0.717, 1.165) is 49.7 Å². The Bertz CT molecular complexity index is 968. The summed E-state index contributed by atoms with van der Waals surface area (Å²) in [5.74, 6) is 1.01. The van der Waals surface area contributed by atoms with Crippen LogP contribution < -0.4 is 10.6 Å². The SMILES string of the molecule is Cc1ccc(-c2ncco2)cc1NC(=O)Nc1cccc(CN2CCOCC2)n1. The monoisotopic (exact) mass is 393 g/mol. The highest BCUT2D eigenvalue weighted by molar-refractivity contribution is 6.00. The number of ether oxygens (including phenoxy) is 1. The molecule has 29 heavy (non-hydrogen) atoms. The van der Waals surface area contributed by atoms with E-state index in [1.807, 2.05) is 37.3 Å². The van der Waals surface area contributed by atoms with Gasteiger partial charge in [0.05, 0.1) is 25.1 Å². The van der Waals surface area contributed by atoms with Crippen LogP contribution in [0, 0.1) is 6.92 Å². The number of morpholine rings is 1. The molecule has 0 spiro atoms. The standard InChI is InChI=1S/C21H23N5O3/c1-15-5-6-16(20-22-7-10-29-20)13-18(15)24-21(27)25-19-4-2-3-17(23-19)14-26-8-11-28-12-9-26/h2-7,10,13H,8-9,11-12,14H2,1H3,(H2,23,24,25,27). The second-order valence-corrected chi connectivity index (χ2v) is 6.85. The summed E-state index contributed by atoms with van der Waals surface area (Å²) in [6, 6.07) is 10.9. The predicted octanol–water partition coefficient (Wildman–Crippen LogP) is 3.52. The second-order valence-electron chi connectivity index (χ2n) is 6.85. The number of anilines is 2. The Labute approximate surface area is 168 Å². The van der Waals surface area contributed by atoms with Crippen molar-refractivity contribution in [2.24, 2.45) is 0 Å². The highest BCUT2D eigenvalue weighted by Crippen LogP contribution is 2.24. The Morgan fingerprint density at radius 1 is 1.17 bits per heavy atom. The summed E-state index contributed by atoms with van der Waals surface area (Å²) >= 11 is 0. The van der Waals surface area contributed by atoms with Crippen LogP contribution >= 0.6 is 0 Å². The summed E-state index contributed by atoms with van der Waals surface area (Å²) in [4.78, 5) is 23.5. The van der Waals surface area contributed by atoms with E-state index < -0.39 is 0 Å². The van der Waals surface area contributed by atoms with Crippen LogP contribution in [0.1, 0.15) is 11.3 Å². The normalized spacial score (nSPS) is 14.5. The molecule has 1 aliphatic rings. The zero-order chi connectivity index (χ0) is 20.1. The van der Waals surface area contributed by atoms with Crippen molar-refractivity contribution in [1.82, 2.24) is 14.9 Å². The molecular weight excluding hydrogens is 370 g/mol. The van der Waals surface area contributed by atoms with Gasteiger partial charge in [-0.1, -0.05) is 12.1 Å². The number of benzene rings is 1. The van der Waals surface area contributed by atoms with E-state index >= 15 is 0 Å². The Kier molecular flexibility index (Phi) is 5.83. The number of carbonyl (C=O) groups excluding carboxylic acids is 1. The van der Waals surface area contributed by atoms with Gasteiger partial charge in [0, 0.05) is 30.9 Å². The fraction of sp³-hybridized carbons (Fsp3) is 0.286. The van der Waals surface area contributed by atoms with E-state index in [2.05, 4.69) is 25.5 Å². The average molecular weight is 393 g/mol. The van der Waals surface area contributed by atoms with Crippen molar-refractivity contribution in [2.45, 2.75) is 13.5 Å². The summed E-state index contributed by atoms with van der Waals surface area (Å²) in [5.41, 5.74) is 3.32. The fourth-order valence-electron chi connectivity index (χ4n) is 3.15. The largest absolute Gasteiger partial charge is 0.445 e. The molecule has 1 aromatic carbocycles. The van der Waals surface area contributed by atoms with Crippen LogP contribution in [0.15, 0.2) is 53.3 Å². The molecule has 4 rings (SSSR count). The highest BCUT2D eigenvalue weighted by Gasteiger charge is 2.13. The molecule has 8 heteroatoms. The smallest absolute Gasteiger partial charge is 0.324 e. The lowest BCUT2D eigenvalue weighted by Gasteiger charge is -2.26. The molecular formula is C21H23N5O3. The third-order valence-corrected chi connectivity index (χ3v) is 4.70. The van der Waals surface area contributed by atoms with E-state index in [1.54, 1.807) is 12.3 Å². The lowest BCUT2D eigenvalue weighted by molar-refractivity contribution is 0.0337. The maximum atomic E-state index is 12.5. The first-order valence-corrected chi connectivity index (χ1v) is 9.52. The van der Waals surface area contributed by atoms with Crippen LogP contribution in [0.4, 0.5) is 16.3 Å². The van der Waals surface area contributed by atoms with Crippen LogP contribution in [0.5, 0.6) is 0 Å². The Morgan fingerprint density at radius 3 is 2.83 bits per heavy atom. The molecule has 0 saturated carbocycles. The van der Waals surface area contributed by atoms with Crippen molar-refractivity contribution in [3.63, 3.8) is 0 Å². The van der Waals surface area contributed by atoms with E-state index in [-0.39, 0.29) is 6.03 Å². The number of nitrogens with zero attached hydrogens (tertiary/aromatic N) is 3. The summed E-state index contributed by atoms with van der Waals surface area (Å²) in [6.45, 7) is 5.92. The molecule has 0 aliphatic carbocycles. The summed E-state index contributed by atoms with van der Waals surface area (Å²) in [7, 11) is 0. The number of oxazole rings is 1. The third kappa shape index (κ3) is 4.98. The molecule has 1 saturated heterocycles. The van der Waals surface area contributed by atoms with Crippen molar-refractivity contribution in [2.75, 3.05) is 36.9 Å². The van der Waals surface area contributed by atoms with E-state index in [4.69, 9.17) is 9.15 Å². The Morgan fingerprint density at radius 2 is 2.03 bits per heavy atom. The molecule has 0 atom stereocenters. The Hall–Kier alpha value is -3.23. The molecule has 0 bridgehead atoms. The lowest BCUT2D eigenvalue weighted by Crippen LogP contribution is -2.35. The predicted molar refractivity (Wildman–Crippen MR) is 110 cm³/mol. The summed E-state index contributed by atoms with van der Waals surface area (Å²) in [6.07, 6.45) is 3.11. The number of hydrogen-bond acceptors (Lipinski definition) is 6. The van der Waals surface area contributed by atoms with Crippen molar-refractivity contribution < 1.29 is 13.9 Å². The van der Waals surface area contributed by atoms with Gasteiger partial charge in [0.25, 0.3) is 0 Å². The molecule has 3 aromatic rings. The average Bonchev–Trinajstić information content (AvgIpc) is 3.25. The van der Waals surface area contributed by atoms with Gasteiger partial charge in [-0.2, -0.15) is 0 Å². The molecule has 1 fully saturated rings. The number of carbonyl (C=O) groups is 1. The molecule has 0 radical (unpaired) electrons. The van der Waals surface area contributed by atoms with Crippen molar-refractivity contribution in [3.8, 4) is 11.5 Å². The van der Waals surface area contributed by atoms with Crippen LogP contribution in [-0.2, 0) is 11.3 Å². The molecule has 1 aliphatic heterocycles. The molecule has 0 unspecified atom stereocenters. The maximum absolute atomic E-state index is 12.5. The number of aromatic nitrogens is 2. The van der Waals surface area contributed by atoms with Gasteiger partial charge in [0.15, 0.2) is 0 Å². The minimum atomic E-state index is -0.353. The first-order valence-electron chi connectivity index (χ1n) is 9.52. The number of pyridine rings is 1. The summed E-state index contributed by atoms with van der Waals surface area (Å²) in [5, 5.41) is 5.68. The highest BCUT2D eigenvalue weighted by atomic mass is 16.5. The molecule has 3 heterocycles. The zero-order valence-electron chi connectivity index (χ0n) is 16.2. The van der Waals surface area contributed by atoms with Gasteiger partial charge in [-0.25, -0.2) is 14.8 Å². The van der Waals surface area contributed by atoms with Gasteiger partial charge in [-0.05, 0) is 36.8 Å². The van der Waals surface area contributed by atoms with Gasteiger partial charge in [-0.3, -0.25) is 10.2 Å². The molecule has 8 nitrogen and oxygen atoms in total. The first-order chi connectivity index (χ1) is 14.2. The van der Waals surface area contributed by atoms with E-state index in [1.165, 1.54) is 6.26 Å². The number of nitrogens with one attached hydrogen (secondary N) is 2. The minimum Gasteiger partial charge on any atom is -0.445 e. The van der Waals surface area contributed by atoms with Crippen LogP contribution in [-0.4, -0.2) is 47.2 Å². The Balaban J connectivity index is 1.41. The number of hydrogen-bond donors (Lipinski definition) is 2. The number of aryl methyl sites for hydroxylation is 1. The van der Waals surface area contributed by atoms with E-state index in [0.29, 0.717) is 17.4 Å². The van der Waals surface area contributed by atoms with Gasteiger partial charge < -0.3 is 14.5 Å². The molecule has 2 amide bonds. The van der Waals surface area contributed by atoms with Gasteiger partial charge in [-0.15, -0.1) is 0 Å². The van der Waals surface area contributed by atoms with Crippen LogP contribution in [0.3, 0.4) is 0 Å². The fourth-order valence-corrected chi connectivity index (χ4v) is 3.15. The first kappa shape index (κ1) is 19.1. The van der Waals surface area contributed by atoms with Crippen LogP contribution in [0.2, 0.25) is 0 Å². The number of amides is 2. The van der Waals surface area contributed by atoms with Crippen LogP contribution in [0.25, 0.3) is 11.5 Å². The lowest BCUT2D eigenvalue weighted by atomic mass is 10.1. The van der Waals surface area contributed by atoms with Gasteiger partial charge in [0.1, 0.15) is 12.1 Å². The zero-order valence-corrected chi connectivity index (χ0v) is 16.2. The topological polar surface area (TPSA) is 92.5 Å². The quantitative estimate of drug-likeness (QED) is 0.689. The minimum absolute atomic E-state index is 0.353. The van der Waals surface area contributed by atoms with Crippen molar-refractivity contribution in [3.05, 3.63) is 60.1 Å². The molecule has 150 valence electrons. The number of rotatable bonds is 5. The van der Waals surface area contributed by atoms with Crippen molar-refractivity contribution >= 4 is 17.5 Å². The third-order valence-electron chi connectivity index (χ3n) is 4.70. The van der Waals surface area contributed by atoms with Crippen molar-refractivity contribution in [1.29, 1.82) is 0 Å². The maximum Gasteiger partial charge on any atom is 0.324 e. The second kappa shape index (κ2) is 8.85. The number of urea groups is 1.